The number of benzene rings is 1. The van der Waals surface area contributed by atoms with Crippen LogP contribution < -0.4 is 4.72 Å². The van der Waals surface area contributed by atoms with Gasteiger partial charge in [0, 0.05) is 24.3 Å². The summed E-state index contributed by atoms with van der Waals surface area (Å²) in [4.78, 5) is 1.49. The predicted octanol–water partition coefficient (Wildman–Crippen LogP) is 4.17. The van der Waals surface area contributed by atoms with Crippen molar-refractivity contribution in [2.45, 2.75) is 18.7 Å². The number of aromatic nitrogens is 1. The van der Waals surface area contributed by atoms with E-state index in [0.717, 1.165) is 16.7 Å². The van der Waals surface area contributed by atoms with Gasteiger partial charge in [0.25, 0.3) is 10.0 Å². The van der Waals surface area contributed by atoms with Crippen LogP contribution in [-0.4, -0.2) is 13.0 Å². The smallest absolute Gasteiger partial charge is 0.263 e. The summed E-state index contributed by atoms with van der Waals surface area (Å²) in [6.45, 7) is 3.95. The van der Waals surface area contributed by atoms with E-state index in [9.17, 15) is 8.42 Å². The molecule has 0 saturated heterocycles. The molecule has 0 saturated carbocycles. The fourth-order valence-electron chi connectivity index (χ4n) is 2.35. The molecule has 4 nitrogen and oxygen atoms in total. The zero-order valence-corrected chi connectivity index (χ0v) is 14.8. The monoisotopic (exact) mass is 346 g/mol. The van der Waals surface area contributed by atoms with Crippen LogP contribution in [0.25, 0.3) is 11.1 Å². The highest BCUT2D eigenvalue weighted by Crippen LogP contribution is 2.30. The average Bonchev–Trinajstić information content (AvgIpc) is 3.10. The third kappa shape index (κ3) is 3.33. The molecule has 2 heterocycles. The van der Waals surface area contributed by atoms with Crippen molar-refractivity contribution in [1.82, 2.24) is 4.57 Å². The highest BCUT2D eigenvalue weighted by Gasteiger charge is 2.16. The van der Waals surface area contributed by atoms with Gasteiger partial charge in [-0.15, -0.1) is 11.3 Å². The minimum atomic E-state index is -3.58. The van der Waals surface area contributed by atoms with Crippen LogP contribution in [0.3, 0.4) is 0 Å². The fraction of sp³-hybridized carbons (Fsp3) is 0.176. The minimum absolute atomic E-state index is 0.260. The maximum absolute atomic E-state index is 12.5. The lowest BCUT2D eigenvalue weighted by Crippen LogP contribution is -2.13. The largest absolute Gasteiger partial charge is 0.356 e. The van der Waals surface area contributed by atoms with Gasteiger partial charge in [-0.1, -0.05) is 12.1 Å². The van der Waals surface area contributed by atoms with Crippen LogP contribution in [-0.2, 0) is 17.1 Å². The minimum Gasteiger partial charge on any atom is -0.356 e. The van der Waals surface area contributed by atoms with Gasteiger partial charge >= 0.3 is 0 Å². The molecular formula is C17H18N2O2S2. The van der Waals surface area contributed by atoms with Gasteiger partial charge in [-0.05, 0) is 54.1 Å². The Hall–Kier alpha value is -2.05. The quantitative estimate of drug-likeness (QED) is 0.771. The lowest BCUT2D eigenvalue weighted by Gasteiger charge is -2.11. The molecule has 2 aromatic heterocycles. The highest BCUT2D eigenvalue weighted by atomic mass is 32.2. The van der Waals surface area contributed by atoms with E-state index in [4.69, 9.17) is 0 Å². The molecule has 23 heavy (non-hydrogen) atoms. The van der Waals surface area contributed by atoms with Gasteiger partial charge < -0.3 is 4.57 Å². The van der Waals surface area contributed by atoms with Crippen LogP contribution >= 0.6 is 11.3 Å². The molecule has 1 N–H and O–H groups in total. The molecule has 0 bridgehead atoms. The molecule has 3 aromatic rings. The van der Waals surface area contributed by atoms with Crippen LogP contribution in [0.1, 0.15) is 10.4 Å². The van der Waals surface area contributed by atoms with Crippen LogP contribution in [0.15, 0.2) is 53.0 Å². The Balaban J connectivity index is 1.96. The molecule has 0 aliphatic heterocycles. The Morgan fingerprint density at radius 2 is 1.87 bits per heavy atom. The molecule has 1 aromatic carbocycles. The van der Waals surface area contributed by atoms with Gasteiger partial charge in [0.2, 0.25) is 0 Å². The first kappa shape index (κ1) is 15.8. The molecule has 0 unspecified atom stereocenters. The summed E-state index contributed by atoms with van der Waals surface area (Å²) in [5.41, 5.74) is 3.61. The van der Waals surface area contributed by atoms with E-state index in [2.05, 4.69) is 23.1 Å². The fourth-order valence-corrected chi connectivity index (χ4v) is 4.23. The molecule has 6 heteroatoms. The first-order valence-electron chi connectivity index (χ1n) is 7.16. The second-order valence-corrected chi connectivity index (χ2v) is 8.39. The Kier molecular flexibility index (Phi) is 4.04. The second-order valence-electron chi connectivity index (χ2n) is 5.59. The lowest BCUT2D eigenvalue weighted by molar-refractivity contribution is 0.601. The Labute approximate surface area is 140 Å². The summed E-state index contributed by atoms with van der Waals surface area (Å²) >= 11 is 1.68. The first-order chi connectivity index (χ1) is 10.8. The van der Waals surface area contributed by atoms with Gasteiger partial charge in [-0.25, -0.2) is 8.42 Å². The molecule has 0 spiro atoms. The van der Waals surface area contributed by atoms with Crippen LogP contribution in [0.2, 0.25) is 0 Å². The van der Waals surface area contributed by atoms with Crippen molar-refractivity contribution in [3.8, 4) is 11.1 Å². The van der Waals surface area contributed by atoms with E-state index in [-0.39, 0.29) is 4.90 Å². The topological polar surface area (TPSA) is 51.1 Å². The normalized spacial score (nSPS) is 11.6. The zero-order chi connectivity index (χ0) is 16.6. The number of hydrogen-bond donors (Lipinski definition) is 1. The summed E-state index contributed by atoms with van der Waals surface area (Å²) in [5.74, 6) is 0. The molecular weight excluding hydrogens is 328 g/mol. The maximum atomic E-state index is 12.5. The number of hydrogen-bond acceptors (Lipinski definition) is 3. The van der Waals surface area contributed by atoms with Crippen LogP contribution in [0.5, 0.6) is 0 Å². The van der Waals surface area contributed by atoms with Gasteiger partial charge in [0.1, 0.15) is 4.90 Å². The van der Waals surface area contributed by atoms with E-state index >= 15 is 0 Å². The SMILES string of the molecule is Cc1cc(-c2ccc(C)c(NS(=O)(=O)c3ccn(C)c3)c2)cs1. The summed E-state index contributed by atoms with van der Waals surface area (Å²) in [7, 11) is -1.78. The van der Waals surface area contributed by atoms with Gasteiger partial charge in [-0.2, -0.15) is 0 Å². The van der Waals surface area contributed by atoms with Crippen molar-refractivity contribution in [3.05, 3.63) is 58.5 Å². The number of nitrogens with zero attached hydrogens (tertiary/aromatic N) is 1. The number of nitrogens with one attached hydrogen (secondary N) is 1. The van der Waals surface area contributed by atoms with Crippen molar-refractivity contribution in [2.75, 3.05) is 4.72 Å². The summed E-state index contributed by atoms with van der Waals surface area (Å²) < 4.78 is 29.4. The van der Waals surface area contributed by atoms with E-state index in [1.165, 1.54) is 4.88 Å². The first-order valence-corrected chi connectivity index (χ1v) is 9.52. The zero-order valence-electron chi connectivity index (χ0n) is 13.2. The van der Waals surface area contributed by atoms with Crippen molar-refractivity contribution in [1.29, 1.82) is 0 Å². The molecule has 0 atom stereocenters. The number of rotatable bonds is 4. The van der Waals surface area contributed by atoms with E-state index in [1.54, 1.807) is 41.4 Å². The predicted molar refractivity (Wildman–Crippen MR) is 95.5 cm³/mol. The van der Waals surface area contributed by atoms with Gasteiger partial charge in [0.05, 0.1) is 5.69 Å². The maximum Gasteiger partial charge on any atom is 0.263 e. The molecule has 0 fully saturated rings. The summed E-state index contributed by atoms with van der Waals surface area (Å²) in [5, 5.41) is 2.08. The Bertz CT molecular complexity index is 953. The van der Waals surface area contributed by atoms with E-state index in [0.29, 0.717) is 5.69 Å². The number of thiophene rings is 1. The van der Waals surface area contributed by atoms with Crippen molar-refractivity contribution in [2.24, 2.45) is 7.05 Å². The average molecular weight is 346 g/mol. The Morgan fingerprint density at radius 1 is 1.09 bits per heavy atom. The van der Waals surface area contributed by atoms with Crippen molar-refractivity contribution in [3.63, 3.8) is 0 Å². The van der Waals surface area contributed by atoms with Crippen LogP contribution in [0.4, 0.5) is 5.69 Å². The molecule has 3 rings (SSSR count). The third-order valence-electron chi connectivity index (χ3n) is 3.66. The Morgan fingerprint density at radius 3 is 2.48 bits per heavy atom. The standard InChI is InChI=1S/C17H18N2O2S2/c1-12-4-5-14(15-8-13(2)22-11-15)9-17(12)18-23(20,21)16-6-7-19(3)10-16/h4-11,18H,1-3H3. The van der Waals surface area contributed by atoms with E-state index in [1.807, 2.05) is 25.1 Å². The van der Waals surface area contributed by atoms with Crippen molar-refractivity contribution < 1.29 is 8.42 Å². The van der Waals surface area contributed by atoms with E-state index < -0.39 is 10.0 Å². The molecule has 120 valence electrons. The molecule has 0 aliphatic rings. The summed E-state index contributed by atoms with van der Waals surface area (Å²) in [6, 6.07) is 9.52. The van der Waals surface area contributed by atoms with Gasteiger partial charge in [-0.3, -0.25) is 4.72 Å². The molecule has 0 amide bonds. The number of sulfonamides is 1. The molecule has 0 aliphatic carbocycles. The highest BCUT2D eigenvalue weighted by molar-refractivity contribution is 7.92. The lowest BCUT2D eigenvalue weighted by atomic mass is 10.1. The third-order valence-corrected chi connectivity index (χ3v) is 5.87. The second kappa shape index (κ2) is 5.86. The van der Waals surface area contributed by atoms with Crippen LogP contribution in [0, 0.1) is 13.8 Å². The summed E-state index contributed by atoms with van der Waals surface area (Å²) in [6.07, 6.45) is 3.30. The van der Waals surface area contributed by atoms with Gasteiger partial charge in [0.15, 0.2) is 0 Å². The number of aryl methyl sites for hydroxylation is 3. The number of anilines is 1. The van der Waals surface area contributed by atoms with Crippen molar-refractivity contribution >= 4 is 27.0 Å². The molecule has 0 radical (unpaired) electrons.